The second-order valence-corrected chi connectivity index (χ2v) is 4.83. The zero-order valence-corrected chi connectivity index (χ0v) is 11.6. The van der Waals surface area contributed by atoms with E-state index in [1.165, 1.54) is 0 Å². The van der Waals surface area contributed by atoms with Crippen LogP contribution in [0.15, 0.2) is 16.6 Å². The molecule has 0 bridgehead atoms. The van der Waals surface area contributed by atoms with Crippen LogP contribution in [-0.2, 0) is 4.65 Å². The largest absolute Gasteiger partial charge is 0.495 e. The van der Waals surface area contributed by atoms with Crippen LogP contribution in [0.3, 0.4) is 0 Å². The summed E-state index contributed by atoms with van der Waals surface area (Å²) in [7, 11) is 0.831. The molecule has 7 heteroatoms. The molecule has 0 amide bonds. The number of benzene rings is 1. The Balaban J connectivity index is 2.37. The Bertz CT molecular complexity index is 432. The molecule has 18 heavy (non-hydrogen) atoms. The van der Waals surface area contributed by atoms with E-state index in [-0.39, 0.29) is 19.3 Å². The van der Waals surface area contributed by atoms with Crippen LogP contribution in [0, 0.1) is 0 Å². The summed E-state index contributed by atoms with van der Waals surface area (Å²) in [6, 6.07) is 3.61. The highest BCUT2D eigenvalue weighted by molar-refractivity contribution is 9.10. The van der Waals surface area contributed by atoms with Crippen molar-refractivity contribution < 1.29 is 19.5 Å². The molecule has 1 atom stereocenters. The van der Waals surface area contributed by atoms with Crippen molar-refractivity contribution in [2.75, 3.05) is 26.8 Å². The van der Waals surface area contributed by atoms with Gasteiger partial charge in [-0.3, -0.25) is 0 Å². The third-order valence-corrected chi connectivity index (χ3v) is 3.49. The number of fused-ring (bicyclic) bond motifs is 1. The highest BCUT2D eigenvalue weighted by Crippen LogP contribution is 2.33. The summed E-state index contributed by atoms with van der Waals surface area (Å²) < 4.78 is 11.8. The standard InChI is InChI=1S/C11H15BBrNO4/c1-14-6-9-10-7(13)2-3-8(17-5-4-15)11(10)12(16)18-9/h2-3,9,14-16H,4-6H2,1H3/t9-/m1/s1. The van der Waals surface area contributed by atoms with Crippen molar-refractivity contribution in [2.45, 2.75) is 6.10 Å². The normalized spacial score (nSPS) is 18.0. The Morgan fingerprint density at radius 2 is 2.33 bits per heavy atom. The fourth-order valence-corrected chi connectivity index (χ4v) is 2.68. The Morgan fingerprint density at radius 1 is 1.56 bits per heavy atom. The smallest absolute Gasteiger partial charge is 0.492 e. The Labute approximate surface area is 114 Å². The van der Waals surface area contributed by atoms with Crippen molar-refractivity contribution in [3.8, 4) is 5.75 Å². The minimum atomic E-state index is -0.996. The fourth-order valence-electron chi connectivity index (χ4n) is 2.08. The quantitative estimate of drug-likeness (QED) is 0.656. The number of aliphatic hydroxyl groups excluding tert-OH is 1. The maximum absolute atomic E-state index is 9.97. The van der Waals surface area contributed by atoms with Crippen LogP contribution < -0.4 is 15.5 Å². The van der Waals surface area contributed by atoms with Gasteiger partial charge in [0.05, 0.1) is 12.7 Å². The van der Waals surface area contributed by atoms with Gasteiger partial charge in [0.25, 0.3) is 0 Å². The zero-order chi connectivity index (χ0) is 13.1. The summed E-state index contributed by atoms with van der Waals surface area (Å²) in [5, 5.41) is 21.8. The molecular formula is C11H15BBrNO4. The molecule has 0 aromatic heterocycles. The molecule has 1 aromatic rings. The summed E-state index contributed by atoms with van der Waals surface area (Å²) in [5.41, 5.74) is 1.53. The van der Waals surface area contributed by atoms with E-state index in [4.69, 9.17) is 14.5 Å². The van der Waals surface area contributed by atoms with Crippen molar-refractivity contribution in [3.63, 3.8) is 0 Å². The molecule has 98 valence electrons. The van der Waals surface area contributed by atoms with E-state index in [1.54, 1.807) is 6.07 Å². The molecule has 0 radical (unpaired) electrons. The van der Waals surface area contributed by atoms with Crippen LogP contribution >= 0.6 is 15.9 Å². The van der Waals surface area contributed by atoms with Gasteiger partial charge in [0, 0.05) is 16.5 Å². The minimum absolute atomic E-state index is 0.0677. The Morgan fingerprint density at radius 3 is 3.00 bits per heavy atom. The Kier molecular flexibility index (Phi) is 4.63. The zero-order valence-electron chi connectivity index (χ0n) is 10.0. The molecular weight excluding hydrogens is 301 g/mol. The van der Waals surface area contributed by atoms with Crippen LogP contribution in [0.5, 0.6) is 5.75 Å². The molecule has 0 spiro atoms. The van der Waals surface area contributed by atoms with E-state index >= 15 is 0 Å². The number of rotatable bonds is 5. The van der Waals surface area contributed by atoms with E-state index in [0.29, 0.717) is 17.8 Å². The van der Waals surface area contributed by atoms with Gasteiger partial charge >= 0.3 is 7.12 Å². The topological polar surface area (TPSA) is 71.0 Å². The first-order chi connectivity index (χ1) is 8.69. The Hall–Kier alpha value is -0.595. The molecule has 5 nitrogen and oxygen atoms in total. The summed E-state index contributed by atoms with van der Waals surface area (Å²) in [6.45, 7) is 0.728. The highest BCUT2D eigenvalue weighted by Gasteiger charge is 2.39. The first-order valence-corrected chi connectivity index (χ1v) is 6.52. The molecule has 0 aliphatic carbocycles. The third-order valence-electron chi connectivity index (χ3n) is 2.79. The van der Waals surface area contributed by atoms with Gasteiger partial charge in [-0.1, -0.05) is 15.9 Å². The third kappa shape index (κ3) is 2.55. The number of likely N-dealkylation sites (N-methyl/N-ethyl adjacent to an activating group) is 1. The predicted octanol–water partition coefficient (Wildman–Crippen LogP) is -0.202. The number of ether oxygens (including phenoxy) is 1. The molecule has 0 fully saturated rings. The number of hydrogen-bond donors (Lipinski definition) is 3. The molecule has 0 unspecified atom stereocenters. The summed E-state index contributed by atoms with van der Waals surface area (Å²) in [6.07, 6.45) is -0.216. The number of hydrogen-bond acceptors (Lipinski definition) is 5. The van der Waals surface area contributed by atoms with Gasteiger partial charge in [0.1, 0.15) is 12.4 Å². The molecule has 3 N–H and O–H groups in total. The van der Waals surface area contributed by atoms with E-state index in [1.807, 2.05) is 13.1 Å². The van der Waals surface area contributed by atoms with Crippen LogP contribution in [0.25, 0.3) is 0 Å². The maximum Gasteiger partial charge on any atom is 0.495 e. The van der Waals surface area contributed by atoms with Gasteiger partial charge in [0.15, 0.2) is 0 Å². The highest BCUT2D eigenvalue weighted by atomic mass is 79.9. The lowest BCUT2D eigenvalue weighted by Gasteiger charge is -2.14. The molecule has 2 rings (SSSR count). The van der Waals surface area contributed by atoms with Crippen molar-refractivity contribution in [3.05, 3.63) is 22.2 Å². The summed E-state index contributed by atoms with van der Waals surface area (Å²) >= 11 is 3.46. The van der Waals surface area contributed by atoms with Gasteiger partial charge in [-0.05, 0) is 24.7 Å². The van der Waals surface area contributed by atoms with Gasteiger partial charge < -0.3 is 24.8 Å². The summed E-state index contributed by atoms with van der Waals surface area (Å²) in [4.78, 5) is 0. The lowest BCUT2D eigenvalue weighted by Crippen LogP contribution is -2.30. The van der Waals surface area contributed by atoms with Gasteiger partial charge in [-0.2, -0.15) is 0 Å². The first-order valence-electron chi connectivity index (χ1n) is 5.73. The van der Waals surface area contributed by atoms with Crippen LogP contribution in [-0.4, -0.2) is 44.1 Å². The number of halogens is 1. The van der Waals surface area contributed by atoms with Crippen LogP contribution in [0.4, 0.5) is 0 Å². The molecule has 1 aliphatic rings. The van der Waals surface area contributed by atoms with Crippen molar-refractivity contribution in [1.82, 2.24) is 5.32 Å². The second-order valence-electron chi connectivity index (χ2n) is 3.98. The minimum Gasteiger partial charge on any atom is -0.492 e. The first kappa shape index (κ1) is 13.8. The molecule has 1 heterocycles. The predicted molar refractivity (Wildman–Crippen MR) is 72.1 cm³/mol. The van der Waals surface area contributed by atoms with Crippen molar-refractivity contribution in [1.29, 1.82) is 0 Å². The fraction of sp³-hybridized carbons (Fsp3) is 0.455. The number of aliphatic hydroxyl groups is 1. The molecule has 0 saturated heterocycles. The van der Waals surface area contributed by atoms with Crippen LogP contribution in [0.1, 0.15) is 11.7 Å². The molecule has 1 aliphatic heterocycles. The van der Waals surface area contributed by atoms with E-state index in [0.717, 1.165) is 10.0 Å². The SMILES string of the molecule is CNC[C@H]1OB(O)c2c(OCCO)ccc(Br)c21. The lowest BCUT2D eigenvalue weighted by atomic mass is 9.78. The van der Waals surface area contributed by atoms with E-state index < -0.39 is 7.12 Å². The maximum atomic E-state index is 9.97. The summed E-state index contributed by atoms with van der Waals surface area (Å²) in [5.74, 6) is 0.549. The van der Waals surface area contributed by atoms with Gasteiger partial charge in [0.2, 0.25) is 0 Å². The average molecular weight is 316 g/mol. The molecule has 0 saturated carbocycles. The van der Waals surface area contributed by atoms with Crippen molar-refractivity contribution >= 4 is 28.5 Å². The molecule has 1 aromatic carbocycles. The monoisotopic (exact) mass is 315 g/mol. The van der Waals surface area contributed by atoms with Crippen LogP contribution in [0.2, 0.25) is 0 Å². The van der Waals surface area contributed by atoms with Gasteiger partial charge in [-0.15, -0.1) is 0 Å². The van der Waals surface area contributed by atoms with E-state index in [2.05, 4.69) is 21.2 Å². The van der Waals surface area contributed by atoms with Crippen molar-refractivity contribution in [2.24, 2.45) is 0 Å². The second kappa shape index (κ2) is 6.03. The van der Waals surface area contributed by atoms with Gasteiger partial charge in [-0.25, -0.2) is 0 Å². The number of nitrogens with one attached hydrogen (secondary N) is 1. The average Bonchev–Trinajstić information content (AvgIpc) is 2.68. The van der Waals surface area contributed by atoms with E-state index in [9.17, 15) is 5.02 Å². The lowest BCUT2D eigenvalue weighted by molar-refractivity contribution is 0.189.